The van der Waals surface area contributed by atoms with Gasteiger partial charge in [-0.2, -0.15) is 0 Å². The number of halogens is 2. The zero-order valence-electron chi connectivity index (χ0n) is 20.7. The summed E-state index contributed by atoms with van der Waals surface area (Å²) >= 11 is 0. The predicted octanol–water partition coefficient (Wildman–Crippen LogP) is 5.34. The minimum Gasteiger partial charge on any atom is -0.467 e. The summed E-state index contributed by atoms with van der Waals surface area (Å²) in [5, 5.41) is 2.45. The Labute approximate surface area is 214 Å². The third kappa shape index (κ3) is 7.36. The molecule has 10 heteroatoms. The maximum Gasteiger partial charge on any atom is 0.408 e. The van der Waals surface area contributed by atoms with E-state index in [1.807, 2.05) is 0 Å². The largest absolute Gasteiger partial charge is 0.467 e. The van der Waals surface area contributed by atoms with Crippen LogP contribution in [0, 0.1) is 11.6 Å². The van der Waals surface area contributed by atoms with Crippen LogP contribution in [0.4, 0.5) is 13.6 Å². The molecule has 0 aliphatic carbocycles. The third-order valence-corrected chi connectivity index (χ3v) is 6.90. The van der Waals surface area contributed by atoms with E-state index in [4.69, 9.17) is 9.47 Å². The van der Waals surface area contributed by atoms with E-state index in [1.165, 1.54) is 43.5 Å². The summed E-state index contributed by atoms with van der Waals surface area (Å²) in [6.07, 6.45) is -0.835. The smallest absolute Gasteiger partial charge is 0.408 e. The number of carbonyl (C=O) groups excluding carboxylic acids is 2. The van der Waals surface area contributed by atoms with Gasteiger partial charge in [0.15, 0.2) is 15.9 Å². The molecule has 7 nitrogen and oxygen atoms in total. The van der Waals surface area contributed by atoms with E-state index in [1.54, 1.807) is 39.0 Å². The van der Waals surface area contributed by atoms with Crippen LogP contribution in [0.5, 0.6) is 0 Å². The Hall–Kier alpha value is -3.79. The molecular formula is C27H27F2NO6S. The van der Waals surface area contributed by atoms with Crippen LogP contribution in [-0.4, -0.2) is 33.2 Å². The highest BCUT2D eigenvalue weighted by Gasteiger charge is 2.27. The molecule has 3 aromatic carbocycles. The first-order chi connectivity index (χ1) is 17.3. The molecule has 3 aromatic rings. The van der Waals surface area contributed by atoms with Crippen LogP contribution >= 0.6 is 0 Å². The Bertz CT molecular complexity index is 1400. The van der Waals surface area contributed by atoms with E-state index in [-0.39, 0.29) is 10.5 Å². The summed E-state index contributed by atoms with van der Waals surface area (Å²) in [6.45, 7) is 5.02. The highest BCUT2D eigenvalue weighted by Crippen LogP contribution is 2.26. The van der Waals surface area contributed by atoms with Gasteiger partial charge in [0, 0.05) is 11.6 Å². The van der Waals surface area contributed by atoms with Crippen molar-refractivity contribution in [3.63, 3.8) is 0 Å². The summed E-state index contributed by atoms with van der Waals surface area (Å²) in [7, 11) is -2.66. The number of carbonyl (C=O) groups is 2. The van der Waals surface area contributed by atoms with Crippen molar-refractivity contribution in [2.45, 2.75) is 43.1 Å². The molecule has 0 aliphatic rings. The first-order valence-corrected chi connectivity index (χ1v) is 12.9. The maximum absolute atomic E-state index is 14.1. The second kappa shape index (κ2) is 11.1. The number of alkyl carbamates (subject to hydrolysis) is 1. The van der Waals surface area contributed by atoms with Gasteiger partial charge < -0.3 is 14.8 Å². The van der Waals surface area contributed by atoms with E-state index in [9.17, 15) is 26.8 Å². The summed E-state index contributed by atoms with van der Waals surface area (Å²) < 4.78 is 63.4. The first-order valence-electron chi connectivity index (χ1n) is 11.2. The lowest BCUT2D eigenvalue weighted by atomic mass is 10.0. The van der Waals surface area contributed by atoms with Crippen LogP contribution in [0.1, 0.15) is 37.9 Å². The second-order valence-electron chi connectivity index (χ2n) is 9.26. The number of sulfone groups is 1. The van der Waals surface area contributed by atoms with Gasteiger partial charge in [-0.05, 0) is 61.7 Å². The van der Waals surface area contributed by atoms with Crippen LogP contribution in [-0.2, 0) is 29.9 Å². The van der Waals surface area contributed by atoms with Gasteiger partial charge in [-0.15, -0.1) is 0 Å². The molecule has 0 aromatic heterocycles. The number of amides is 1. The Morgan fingerprint density at radius 2 is 1.65 bits per heavy atom. The fraction of sp³-hybridized carbons (Fsp3) is 0.259. The van der Waals surface area contributed by atoms with Crippen molar-refractivity contribution in [3.05, 3.63) is 89.5 Å². The second-order valence-corrected chi connectivity index (χ2v) is 11.2. The van der Waals surface area contributed by atoms with Crippen molar-refractivity contribution in [2.24, 2.45) is 0 Å². The molecule has 37 heavy (non-hydrogen) atoms. The molecule has 0 heterocycles. The Morgan fingerprint density at radius 1 is 0.973 bits per heavy atom. The van der Waals surface area contributed by atoms with Gasteiger partial charge in [0.25, 0.3) is 0 Å². The monoisotopic (exact) mass is 531 g/mol. The van der Waals surface area contributed by atoms with Gasteiger partial charge in [0.2, 0.25) is 0 Å². The van der Waals surface area contributed by atoms with Crippen molar-refractivity contribution >= 4 is 21.9 Å². The predicted molar refractivity (Wildman–Crippen MR) is 133 cm³/mol. The summed E-state index contributed by atoms with van der Waals surface area (Å²) in [4.78, 5) is 24.6. The highest BCUT2D eigenvalue weighted by atomic mass is 32.2. The van der Waals surface area contributed by atoms with Crippen molar-refractivity contribution < 1.29 is 36.3 Å². The number of nitrogens with one attached hydrogen (secondary N) is 1. The lowest BCUT2D eigenvalue weighted by Gasteiger charge is -2.23. The van der Waals surface area contributed by atoms with E-state index < -0.39 is 50.9 Å². The van der Waals surface area contributed by atoms with E-state index in [0.29, 0.717) is 16.7 Å². The number of ether oxygens (including phenoxy) is 2. The third-order valence-electron chi connectivity index (χ3n) is 5.19. The van der Waals surface area contributed by atoms with Crippen molar-refractivity contribution in [1.29, 1.82) is 0 Å². The molecule has 0 spiro atoms. The molecule has 196 valence electrons. The molecule has 0 bridgehead atoms. The van der Waals surface area contributed by atoms with Crippen LogP contribution in [0.2, 0.25) is 0 Å². The SMILES string of the molecule is COC(=O)[C@@H](NC(=O)OC(C)(C)C)c1cccc(CS(=O)(=O)c2ccc(-c3ccc(F)cc3F)cc2)c1. The number of methoxy groups -OCH3 is 1. The van der Waals surface area contributed by atoms with Gasteiger partial charge in [-0.1, -0.05) is 36.4 Å². The summed E-state index contributed by atoms with van der Waals surface area (Å²) in [5.41, 5.74) is 0.425. The van der Waals surface area contributed by atoms with E-state index in [2.05, 4.69) is 5.32 Å². The molecular weight excluding hydrogens is 504 g/mol. The number of hydrogen-bond donors (Lipinski definition) is 1. The fourth-order valence-corrected chi connectivity index (χ4v) is 4.89. The van der Waals surface area contributed by atoms with Gasteiger partial charge in [0.1, 0.15) is 17.2 Å². The normalized spacial score (nSPS) is 12.5. The van der Waals surface area contributed by atoms with Crippen LogP contribution < -0.4 is 5.32 Å². The Kier molecular flexibility index (Phi) is 8.32. The van der Waals surface area contributed by atoms with Gasteiger partial charge >= 0.3 is 12.1 Å². The Morgan fingerprint density at radius 3 is 2.24 bits per heavy atom. The topological polar surface area (TPSA) is 98.8 Å². The molecule has 1 amide bonds. The highest BCUT2D eigenvalue weighted by molar-refractivity contribution is 7.90. The zero-order chi connectivity index (χ0) is 27.4. The van der Waals surface area contributed by atoms with Crippen LogP contribution in [0.25, 0.3) is 11.1 Å². The average Bonchev–Trinajstić information content (AvgIpc) is 2.81. The fourth-order valence-electron chi connectivity index (χ4n) is 3.55. The molecule has 0 unspecified atom stereocenters. The van der Waals surface area contributed by atoms with Crippen LogP contribution in [0.3, 0.4) is 0 Å². The molecule has 1 N–H and O–H groups in total. The van der Waals surface area contributed by atoms with E-state index in [0.717, 1.165) is 12.1 Å². The lowest BCUT2D eigenvalue weighted by molar-refractivity contribution is -0.143. The molecule has 0 saturated carbocycles. The lowest BCUT2D eigenvalue weighted by Crippen LogP contribution is -2.38. The number of esters is 1. The minimum absolute atomic E-state index is 0.000529. The molecule has 1 atom stereocenters. The molecule has 0 radical (unpaired) electrons. The van der Waals surface area contributed by atoms with Crippen molar-refractivity contribution in [2.75, 3.05) is 7.11 Å². The van der Waals surface area contributed by atoms with Gasteiger partial charge in [-0.3, -0.25) is 0 Å². The van der Waals surface area contributed by atoms with Crippen molar-refractivity contribution in [3.8, 4) is 11.1 Å². The quantitative estimate of drug-likeness (QED) is 0.413. The summed E-state index contributed by atoms with van der Waals surface area (Å²) in [6, 6.07) is 13.7. The molecule has 0 aliphatic heterocycles. The molecule has 0 saturated heterocycles. The van der Waals surface area contributed by atoms with Gasteiger partial charge in [0.05, 0.1) is 17.8 Å². The van der Waals surface area contributed by atoms with E-state index >= 15 is 0 Å². The number of rotatable bonds is 7. The first kappa shape index (κ1) is 27.8. The maximum atomic E-state index is 14.1. The average molecular weight is 532 g/mol. The Balaban J connectivity index is 1.83. The minimum atomic E-state index is -3.83. The molecule has 0 fully saturated rings. The number of hydrogen-bond acceptors (Lipinski definition) is 6. The zero-order valence-corrected chi connectivity index (χ0v) is 21.6. The number of benzene rings is 3. The van der Waals surface area contributed by atoms with Crippen LogP contribution in [0.15, 0.2) is 71.6 Å². The molecule has 3 rings (SSSR count). The summed E-state index contributed by atoms with van der Waals surface area (Å²) in [5.74, 6) is -2.62. The standard InChI is InChI=1S/C27H27F2NO6S/c1-27(2,3)36-26(32)30-24(25(31)35-4)19-7-5-6-17(14-19)16-37(33,34)21-11-8-18(9-12-21)22-13-10-20(28)15-23(22)29/h5-15,24H,16H2,1-4H3,(H,30,32)/t24-/m0/s1. The van der Waals surface area contributed by atoms with Crippen molar-refractivity contribution in [1.82, 2.24) is 5.32 Å². The van der Waals surface area contributed by atoms with Gasteiger partial charge in [-0.25, -0.2) is 26.8 Å².